The Kier molecular flexibility index (Phi) is 15.6. The third kappa shape index (κ3) is 10.2. The van der Waals surface area contributed by atoms with Gasteiger partial charge in [-0.15, -0.1) is 0 Å². The van der Waals surface area contributed by atoms with Crippen LogP contribution in [0.25, 0.3) is 89.7 Å². The third-order valence-electron chi connectivity index (χ3n) is 14.0. The van der Waals surface area contributed by atoms with E-state index >= 15 is 0 Å². The van der Waals surface area contributed by atoms with Crippen LogP contribution in [0, 0.1) is 0 Å². The summed E-state index contributed by atoms with van der Waals surface area (Å²) >= 11 is 72.4. The van der Waals surface area contributed by atoms with Crippen molar-refractivity contribution in [3.63, 3.8) is 0 Å². The van der Waals surface area contributed by atoms with Gasteiger partial charge in [0, 0.05) is 66.7 Å². The van der Waals surface area contributed by atoms with Gasteiger partial charge in [-0.05, 0) is 55.7 Å². The summed E-state index contributed by atoms with van der Waals surface area (Å²) in [6.07, 6.45) is 0. The van der Waals surface area contributed by atoms with Crippen molar-refractivity contribution in [2.24, 2.45) is 0 Å². The number of fused-ring (bicyclic) bond motifs is 20. The zero-order chi connectivity index (χ0) is 57.8. The molecule has 0 spiro atoms. The van der Waals surface area contributed by atoms with E-state index in [1.54, 1.807) is 0 Å². The molecule has 10 nitrogen and oxygen atoms in total. The predicted octanol–water partition coefficient (Wildman–Crippen LogP) is 21.4. The van der Waals surface area contributed by atoms with E-state index < -0.39 is 5.41 Å². The molecule has 81 heavy (non-hydrogen) atoms. The maximum absolute atomic E-state index is 7.64. The average Bonchev–Trinajstić information content (AvgIpc) is 4.18. The molecule has 0 radical (unpaired) electrons. The van der Waals surface area contributed by atoms with Crippen molar-refractivity contribution in [1.82, 2.24) is 39.9 Å². The number of benzene rings is 6. The van der Waals surface area contributed by atoms with Crippen LogP contribution >= 0.6 is 116 Å². The van der Waals surface area contributed by atoms with Crippen LogP contribution in [-0.2, 0) is 41.1 Å². The molecule has 0 amide bonds. The summed E-state index contributed by atoms with van der Waals surface area (Å²) in [6.45, 7) is 25.5. The van der Waals surface area contributed by atoms with E-state index in [4.69, 9.17) is 165 Å². The Labute approximate surface area is 530 Å². The molecular weight excluding hydrogens is 1280 g/mol. The van der Waals surface area contributed by atoms with E-state index in [-0.39, 0.29) is 176 Å². The first kappa shape index (κ1) is 59.9. The first-order chi connectivity index (χ1) is 37.3. The minimum Gasteiger partial charge on any atom is -0.454 e. The van der Waals surface area contributed by atoms with Crippen molar-refractivity contribution >= 4 is 160 Å². The van der Waals surface area contributed by atoms with Crippen LogP contribution in [0.2, 0.25) is 50.2 Å². The van der Waals surface area contributed by atoms with Crippen LogP contribution in [0.5, 0.6) is 23.0 Å². The molecule has 9 aromatic rings. The zero-order valence-corrected chi connectivity index (χ0v) is 56.2. The van der Waals surface area contributed by atoms with Gasteiger partial charge in [0.2, 0.25) is 0 Å². The van der Waals surface area contributed by atoms with Gasteiger partial charge in [0.25, 0.3) is 0 Å². The van der Waals surface area contributed by atoms with E-state index in [1.165, 1.54) is 0 Å². The van der Waals surface area contributed by atoms with Crippen molar-refractivity contribution in [2.75, 3.05) is 0 Å². The van der Waals surface area contributed by atoms with Crippen molar-refractivity contribution in [3.8, 4) is 68.5 Å². The smallest absolute Gasteiger partial charge is 0.454 e. The maximum atomic E-state index is 7.64. The SMILES string of the molecule is CC(C)(C)c1ccc(Oc2c(Cl)c(Cl)c3c(c2Cl)-c2nc-3nc3[n-]c(nc4nc(nc5[n-]c(n2)c2c(Cl)c(Oc6ccc(C(C)(C)C)cc6C(C)(C)C)c(Cl)c(Cl)c52)-c2c(Cl)c(Cl)c(Cl)c(Cl)c2-4)c2ccccc32)c(C(C)(C)C)c1.[Zn+2]. The number of nitrogens with zero attached hydrogens (tertiary/aromatic N) is 8. The van der Waals surface area contributed by atoms with Gasteiger partial charge in [-0.25, -0.2) is 9.97 Å². The Hall–Kier alpha value is -4.20. The molecule has 0 saturated heterocycles. The number of ether oxygens (including phenoxy) is 2. The minimum atomic E-state index is -0.397. The normalized spacial score (nSPS) is 12.7. The van der Waals surface area contributed by atoms with Crippen LogP contribution in [-0.4, -0.2) is 29.9 Å². The van der Waals surface area contributed by atoms with Crippen LogP contribution in [0.3, 0.4) is 0 Å². The summed E-state index contributed by atoms with van der Waals surface area (Å²) in [7, 11) is 0. The van der Waals surface area contributed by atoms with E-state index in [0.29, 0.717) is 22.3 Å². The fraction of sp³-hybridized carbons (Fsp3) is 0.267. The van der Waals surface area contributed by atoms with Crippen LogP contribution in [0.1, 0.15) is 105 Å². The fourth-order valence-electron chi connectivity index (χ4n) is 9.70. The van der Waals surface area contributed by atoms with Gasteiger partial charge < -0.3 is 39.4 Å². The van der Waals surface area contributed by atoms with Gasteiger partial charge in [0.15, 0.2) is 11.5 Å². The van der Waals surface area contributed by atoms with E-state index in [1.807, 2.05) is 48.5 Å². The van der Waals surface area contributed by atoms with Crippen molar-refractivity contribution in [3.05, 3.63) is 133 Å². The van der Waals surface area contributed by atoms with Gasteiger partial charge in [0.05, 0.1) is 63.5 Å². The molecule has 410 valence electrons. The first-order valence-corrected chi connectivity index (χ1v) is 28.9. The average molecular weight is 1330 g/mol. The van der Waals surface area contributed by atoms with Gasteiger partial charge in [-0.2, -0.15) is 0 Å². The minimum absolute atomic E-state index is 0. The number of hydrogen-bond acceptors (Lipinski definition) is 8. The Bertz CT molecular complexity index is 4380. The molecule has 0 saturated carbocycles. The molecule has 0 unspecified atom stereocenters. The molecule has 21 heteroatoms. The fourth-order valence-corrected chi connectivity index (χ4v) is 12.4. The maximum Gasteiger partial charge on any atom is 2.00 e. The molecule has 0 aliphatic carbocycles. The van der Waals surface area contributed by atoms with E-state index in [9.17, 15) is 0 Å². The zero-order valence-electron chi connectivity index (χ0n) is 45.7. The summed E-state index contributed by atoms with van der Waals surface area (Å²) in [5.41, 5.74) is 4.07. The molecule has 2 aliphatic heterocycles. The number of aromatic nitrogens is 8. The molecule has 0 N–H and O–H groups in total. The molecule has 2 aliphatic rings. The summed E-state index contributed by atoms with van der Waals surface area (Å²) in [5, 5.41) is 1.38. The number of hydrogen-bond donors (Lipinski definition) is 0. The Morgan fingerprint density at radius 1 is 0.346 bits per heavy atom. The standard InChI is InChI=1S/C60H46Cl10N8O2.Zn/c1-57(2,3)23-17-19-29(27(21-23)59(7,8)9)79-47-41(65)35-33(39(63)45(47)69)52-73-50-26-16-14-13-15-25(26)49(71-50)72-51-31-32(38(62)44(68)43(67)37(31)61)53(74-51)76-54-34-36(56(77-54)78-55(35)75-52)42(66)48(46(70)40(34)64)80-30-20-18-24(58(4,5)6)22-28(30)60(10,11)12;/h13-22H,1-12H3;/q-2;+2. The predicted molar refractivity (Wildman–Crippen MR) is 332 cm³/mol. The monoisotopic (exact) mass is 1320 g/mol. The molecule has 3 aromatic heterocycles. The van der Waals surface area contributed by atoms with Crippen molar-refractivity contribution in [2.45, 2.75) is 105 Å². The Morgan fingerprint density at radius 3 is 1.07 bits per heavy atom. The Balaban J connectivity index is 0.00000736. The van der Waals surface area contributed by atoms with Crippen molar-refractivity contribution < 1.29 is 29.0 Å². The van der Waals surface area contributed by atoms with E-state index in [2.05, 4.69) is 95.2 Å². The molecule has 8 bridgehead atoms. The topological polar surface area (TPSA) is 124 Å². The molecule has 0 fully saturated rings. The molecule has 11 rings (SSSR count). The molecule has 0 atom stereocenters. The van der Waals surface area contributed by atoms with E-state index in [0.717, 1.165) is 22.3 Å². The van der Waals surface area contributed by atoms with Crippen LogP contribution in [0.15, 0.2) is 60.7 Å². The second kappa shape index (κ2) is 21.1. The summed E-state index contributed by atoms with van der Waals surface area (Å²) < 4.78 is 13.6. The summed E-state index contributed by atoms with van der Waals surface area (Å²) in [6, 6.07) is 19.4. The quantitative estimate of drug-likeness (QED) is 0.0956. The number of halogens is 10. The van der Waals surface area contributed by atoms with Gasteiger partial charge in [-0.3, -0.25) is 0 Å². The van der Waals surface area contributed by atoms with Gasteiger partial charge in [0.1, 0.15) is 21.5 Å². The molecular formula is C60H46Cl10N8O2Zn. The van der Waals surface area contributed by atoms with Gasteiger partial charge in [-0.1, -0.05) is 248 Å². The second-order valence-corrected chi connectivity index (χ2v) is 27.5. The van der Waals surface area contributed by atoms with Crippen molar-refractivity contribution in [1.29, 1.82) is 0 Å². The summed E-state index contributed by atoms with van der Waals surface area (Å²) in [4.78, 5) is 40.3. The Morgan fingerprint density at radius 2 is 0.679 bits per heavy atom. The van der Waals surface area contributed by atoms with Gasteiger partial charge >= 0.3 is 19.5 Å². The molecule has 5 heterocycles. The number of rotatable bonds is 4. The van der Waals surface area contributed by atoms with Crippen LogP contribution in [0.4, 0.5) is 0 Å². The summed E-state index contributed by atoms with van der Waals surface area (Å²) in [5.74, 6) is 1.13. The largest absolute Gasteiger partial charge is 2.00 e. The first-order valence-electron chi connectivity index (χ1n) is 25.1. The second-order valence-electron chi connectivity index (χ2n) is 23.7. The molecule has 6 aromatic carbocycles. The van der Waals surface area contributed by atoms with Crippen LogP contribution < -0.4 is 19.4 Å². The third-order valence-corrected chi connectivity index (χ3v) is 18.2.